The monoisotopic (exact) mass is 274 g/mol. The molecule has 106 valence electrons. The number of phenolic OH excluding ortho intramolecular Hbond substituents is 1. The minimum absolute atomic E-state index is 0.211. The Balaban J connectivity index is 2.13. The predicted molar refractivity (Wildman–Crippen MR) is 76.1 cm³/mol. The highest BCUT2D eigenvalue weighted by Gasteiger charge is 2.09. The first-order valence-electron chi connectivity index (χ1n) is 6.37. The first kappa shape index (κ1) is 14.2. The summed E-state index contributed by atoms with van der Waals surface area (Å²) in [5.74, 6) is 1.38. The van der Waals surface area contributed by atoms with E-state index in [1.165, 1.54) is 0 Å². The van der Waals surface area contributed by atoms with Crippen molar-refractivity contribution < 1.29 is 19.7 Å². The van der Waals surface area contributed by atoms with Crippen LogP contribution in [0.4, 0.5) is 0 Å². The summed E-state index contributed by atoms with van der Waals surface area (Å²) in [5.41, 5.74) is 1.64. The summed E-state index contributed by atoms with van der Waals surface area (Å²) in [6, 6.07) is 12.2. The standard InChI is InChI=1S/C16H18O4/c1-11(17)13-6-7-15(16(9-13)19-2)20-10-12-4-3-5-14(18)8-12/h3-9,11,17-18H,10H2,1-2H3/t11-/m1/s1. The molecule has 2 aromatic carbocycles. The molecule has 0 unspecified atom stereocenters. The topological polar surface area (TPSA) is 58.9 Å². The zero-order chi connectivity index (χ0) is 14.5. The zero-order valence-electron chi connectivity index (χ0n) is 11.5. The molecule has 0 saturated heterocycles. The van der Waals surface area contributed by atoms with Crippen LogP contribution in [-0.2, 0) is 6.61 Å². The van der Waals surface area contributed by atoms with Gasteiger partial charge in [0.1, 0.15) is 12.4 Å². The molecule has 2 aromatic rings. The largest absolute Gasteiger partial charge is 0.508 e. The highest BCUT2D eigenvalue weighted by Crippen LogP contribution is 2.31. The van der Waals surface area contributed by atoms with Crippen molar-refractivity contribution in [2.45, 2.75) is 19.6 Å². The molecule has 4 nitrogen and oxygen atoms in total. The third-order valence-corrected chi connectivity index (χ3v) is 2.97. The zero-order valence-corrected chi connectivity index (χ0v) is 11.5. The highest BCUT2D eigenvalue weighted by atomic mass is 16.5. The van der Waals surface area contributed by atoms with Crippen LogP contribution in [0.1, 0.15) is 24.2 Å². The van der Waals surface area contributed by atoms with Gasteiger partial charge in [-0.2, -0.15) is 0 Å². The fraction of sp³-hybridized carbons (Fsp3) is 0.250. The van der Waals surface area contributed by atoms with Crippen molar-refractivity contribution >= 4 is 0 Å². The van der Waals surface area contributed by atoms with Gasteiger partial charge in [-0.25, -0.2) is 0 Å². The van der Waals surface area contributed by atoms with Gasteiger partial charge in [0.2, 0.25) is 0 Å². The van der Waals surface area contributed by atoms with Crippen LogP contribution in [0.5, 0.6) is 17.2 Å². The van der Waals surface area contributed by atoms with Gasteiger partial charge in [0.15, 0.2) is 11.5 Å². The molecule has 0 fully saturated rings. The number of rotatable bonds is 5. The molecule has 4 heteroatoms. The lowest BCUT2D eigenvalue weighted by Crippen LogP contribution is -1.99. The van der Waals surface area contributed by atoms with Gasteiger partial charge in [0.25, 0.3) is 0 Å². The first-order chi connectivity index (χ1) is 9.60. The molecule has 0 aliphatic rings. The van der Waals surface area contributed by atoms with Crippen molar-refractivity contribution in [3.05, 3.63) is 53.6 Å². The molecule has 2 N–H and O–H groups in total. The van der Waals surface area contributed by atoms with E-state index in [4.69, 9.17) is 9.47 Å². The second-order valence-corrected chi connectivity index (χ2v) is 4.54. The van der Waals surface area contributed by atoms with Crippen molar-refractivity contribution in [3.8, 4) is 17.2 Å². The molecule has 0 radical (unpaired) electrons. The molecule has 0 aliphatic carbocycles. The number of hydrogen-bond acceptors (Lipinski definition) is 4. The average Bonchev–Trinajstić information content (AvgIpc) is 2.45. The maximum Gasteiger partial charge on any atom is 0.161 e. The minimum Gasteiger partial charge on any atom is -0.508 e. The maximum atomic E-state index is 9.55. The number of benzene rings is 2. The van der Waals surface area contributed by atoms with Crippen LogP contribution in [0.3, 0.4) is 0 Å². The van der Waals surface area contributed by atoms with Crippen LogP contribution in [-0.4, -0.2) is 17.3 Å². The number of hydrogen-bond donors (Lipinski definition) is 2. The normalized spacial score (nSPS) is 11.9. The maximum absolute atomic E-state index is 9.55. The van der Waals surface area contributed by atoms with Gasteiger partial charge in [-0.15, -0.1) is 0 Å². The number of phenols is 1. The average molecular weight is 274 g/mol. The Morgan fingerprint density at radius 2 is 1.90 bits per heavy atom. The lowest BCUT2D eigenvalue weighted by Gasteiger charge is -2.13. The first-order valence-corrected chi connectivity index (χ1v) is 6.37. The fourth-order valence-electron chi connectivity index (χ4n) is 1.87. The quantitative estimate of drug-likeness (QED) is 0.880. The van der Waals surface area contributed by atoms with Gasteiger partial charge in [-0.3, -0.25) is 0 Å². The summed E-state index contributed by atoms with van der Waals surface area (Å²) < 4.78 is 10.9. The Bertz CT molecular complexity index is 578. The van der Waals surface area contributed by atoms with E-state index in [2.05, 4.69) is 0 Å². The van der Waals surface area contributed by atoms with Gasteiger partial charge < -0.3 is 19.7 Å². The molecular weight excluding hydrogens is 256 g/mol. The van der Waals surface area contributed by atoms with Crippen molar-refractivity contribution in [2.75, 3.05) is 7.11 Å². The Hall–Kier alpha value is -2.20. The van der Waals surface area contributed by atoms with Crippen LogP contribution in [0.25, 0.3) is 0 Å². The number of aliphatic hydroxyl groups excluding tert-OH is 1. The van der Waals surface area contributed by atoms with E-state index in [9.17, 15) is 10.2 Å². The van der Waals surface area contributed by atoms with Crippen LogP contribution < -0.4 is 9.47 Å². The fourth-order valence-corrected chi connectivity index (χ4v) is 1.87. The van der Waals surface area contributed by atoms with Crippen LogP contribution in [0.2, 0.25) is 0 Å². The second kappa shape index (κ2) is 6.30. The van der Waals surface area contributed by atoms with Crippen LogP contribution in [0, 0.1) is 0 Å². The molecular formula is C16H18O4. The summed E-state index contributed by atoms with van der Waals surface area (Å²) >= 11 is 0. The minimum atomic E-state index is -0.552. The van der Waals surface area contributed by atoms with Crippen molar-refractivity contribution in [2.24, 2.45) is 0 Å². The lowest BCUT2D eigenvalue weighted by atomic mass is 10.1. The number of ether oxygens (including phenoxy) is 2. The number of aliphatic hydroxyl groups is 1. The Labute approximate surface area is 118 Å². The third-order valence-electron chi connectivity index (χ3n) is 2.97. The van der Waals surface area contributed by atoms with E-state index < -0.39 is 6.10 Å². The Morgan fingerprint density at radius 3 is 2.55 bits per heavy atom. The van der Waals surface area contributed by atoms with Gasteiger partial charge in [0, 0.05) is 0 Å². The smallest absolute Gasteiger partial charge is 0.161 e. The SMILES string of the molecule is COc1cc([C@@H](C)O)ccc1OCc1cccc(O)c1. The summed E-state index contributed by atoms with van der Waals surface area (Å²) in [6.45, 7) is 2.03. The summed E-state index contributed by atoms with van der Waals surface area (Å²) in [7, 11) is 1.56. The molecule has 2 rings (SSSR count). The van der Waals surface area contributed by atoms with Gasteiger partial charge in [-0.1, -0.05) is 18.2 Å². The lowest BCUT2D eigenvalue weighted by molar-refractivity contribution is 0.198. The van der Waals surface area contributed by atoms with Gasteiger partial charge >= 0.3 is 0 Å². The van der Waals surface area contributed by atoms with E-state index in [0.717, 1.165) is 11.1 Å². The number of methoxy groups -OCH3 is 1. The molecule has 20 heavy (non-hydrogen) atoms. The molecule has 1 atom stereocenters. The van der Waals surface area contributed by atoms with E-state index in [1.807, 2.05) is 6.07 Å². The molecule has 0 saturated carbocycles. The molecule has 0 aromatic heterocycles. The van der Waals surface area contributed by atoms with Crippen molar-refractivity contribution in [1.29, 1.82) is 0 Å². The molecule has 0 heterocycles. The van der Waals surface area contributed by atoms with E-state index >= 15 is 0 Å². The summed E-state index contributed by atoms with van der Waals surface area (Å²) in [5, 5.41) is 18.9. The van der Waals surface area contributed by atoms with Crippen molar-refractivity contribution in [3.63, 3.8) is 0 Å². The Morgan fingerprint density at radius 1 is 1.10 bits per heavy atom. The molecule has 0 spiro atoms. The Kier molecular flexibility index (Phi) is 4.48. The van der Waals surface area contributed by atoms with Crippen molar-refractivity contribution in [1.82, 2.24) is 0 Å². The van der Waals surface area contributed by atoms with Gasteiger partial charge in [0.05, 0.1) is 13.2 Å². The van der Waals surface area contributed by atoms with E-state index in [-0.39, 0.29) is 5.75 Å². The summed E-state index contributed by atoms with van der Waals surface area (Å²) in [4.78, 5) is 0. The van der Waals surface area contributed by atoms with E-state index in [1.54, 1.807) is 50.4 Å². The second-order valence-electron chi connectivity index (χ2n) is 4.54. The van der Waals surface area contributed by atoms with Crippen LogP contribution >= 0.6 is 0 Å². The van der Waals surface area contributed by atoms with Crippen LogP contribution in [0.15, 0.2) is 42.5 Å². The molecule has 0 bridgehead atoms. The number of aromatic hydroxyl groups is 1. The third kappa shape index (κ3) is 3.42. The summed E-state index contributed by atoms with van der Waals surface area (Å²) in [6.07, 6.45) is -0.552. The molecule has 0 amide bonds. The van der Waals surface area contributed by atoms with E-state index in [0.29, 0.717) is 18.1 Å². The molecule has 0 aliphatic heterocycles. The van der Waals surface area contributed by atoms with Gasteiger partial charge in [-0.05, 0) is 42.3 Å². The predicted octanol–water partition coefficient (Wildman–Crippen LogP) is 3.03. The highest BCUT2D eigenvalue weighted by molar-refractivity contribution is 5.43.